The Hall–Kier alpha value is -6.04. The Morgan fingerprint density at radius 3 is 1.34 bits per heavy atom. The maximum Gasteiger partial charge on any atom is 0.331 e. The van der Waals surface area contributed by atoms with Gasteiger partial charge in [0.05, 0.1) is 37.0 Å². The Morgan fingerprint density at radius 2 is 0.948 bits per heavy atom. The van der Waals surface area contributed by atoms with Crippen molar-refractivity contribution in [3.05, 3.63) is 81.4 Å². The molecule has 3 aromatic heterocycles. The molecule has 0 amide bonds. The van der Waals surface area contributed by atoms with E-state index in [4.69, 9.17) is 28.9 Å². The number of nitrogens with one attached hydrogen (secondary N) is 2. The molecule has 5 heterocycles. The molecular formula is C46H54N4O8. The lowest BCUT2D eigenvalue weighted by atomic mass is 9.98. The first-order chi connectivity index (χ1) is 27.2. The van der Waals surface area contributed by atoms with Crippen molar-refractivity contribution in [1.82, 2.24) is 19.9 Å². The number of carbonyl (C=O) groups is 4. The Bertz CT molecular complexity index is 2460. The lowest BCUT2D eigenvalue weighted by Gasteiger charge is -2.17. The van der Waals surface area contributed by atoms with Crippen LogP contribution in [0.3, 0.4) is 0 Å². The molecule has 306 valence electrons. The van der Waals surface area contributed by atoms with E-state index >= 15 is 0 Å². The van der Waals surface area contributed by atoms with E-state index in [1.165, 1.54) is 26.4 Å². The van der Waals surface area contributed by atoms with E-state index in [0.29, 0.717) is 46.7 Å². The quantitative estimate of drug-likeness (QED) is 0.115. The van der Waals surface area contributed by atoms with Gasteiger partial charge in [-0.3, -0.25) is 9.59 Å². The summed E-state index contributed by atoms with van der Waals surface area (Å²) in [5, 5.41) is 0. The number of esters is 4. The van der Waals surface area contributed by atoms with Crippen LogP contribution >= 0.6 is 0 Å². The van der Waals surface area contributed by atoms with E-state index in [-0.39, 0.29) is 24.8 Å². The molecule has 8 bridgehead atoms. The minimum absolute atomic E-state index is 0.147. The van der Waals surface area contributed by atoms with Crippen LogP contribution in [0.2, 0.25) is 0 Å². The largest absolute Gasteiger partial charge is 0.469 e. The molecule has 2 aliphatic rings. The second-order valence-electron chi connectivity index (χ2n) is 16.4. The molecule has 0 aromatic carbocycles. The third-order valence-corrected chi connectivity index (χ3v) is 9.83. The average molecular weight is 791 g/mol. The van der Waals surface area contributed by atoms with E-state index in [9.17, 15) is 19.2 Å². The first kappa shape index (κ1) is 43.1. The molecule has 0 fully saturated rings. The number of ether oxygens (including phenoxy) is 4. The van der Waals surface area contributed by atoms with Gasteiger partial charge in [-0.15, -0.1) is 0 Å². The number of allylic oxidation sites excluding steroid dienone is 4. The van der Waals surface area contributed by atoms with Gasteiger partial charge in [-0.25, -0.2) is 19.6 Å². The Morgan fingerprint density at radius 1 is 0.569 bits per heavy atom. The Kier molecular flexibility index (Phi) is 12.8. The zero-order valence-electron chi connectivity index (χ0n) is 35.6. The van der Waals surface area contributed by atoms with Crippen molar-refractivity contribution in [3.63, 3.8) is 0 Å². The van der Waals surface area contributed by atoms with Gasteiger partial charge in [0, 0.05) is 58.2 Å². The summed E-state index contributed by atoms with van der Waals surface area (Å²) in [6.07, 6.45) is 7.36. The second kappa shape index (κ2) is 17.2. The second-order valence-corrected chi connectivity index (χ2v) is 16.4. The summed E-state index contributed by atoms with van der Waals surface area (Å²) < 4.78 is 21.1. The summed E-state index contributed by atoms with van der Waals surface area (Å²) in [5.74, 6) is -1.64. The smallest absolute Gasteiger partial charge is 0.331 e. The van der Waals surface area contributed by atoms with E-state index in [1.54, 1.807) is 12.2 Å². The number of nitrogens with zero attached hydrogens (tertiary/aromatic N) is 2. The van der Waals surface area contributed by atoms with E-state index in [0.717, 1.165) is 55.6 Å². The van der Waals surface area contributed by atoms with Crippen molar-refractivity contribution < 1.29 is 38.1 Å². The normalized spacial score (nSPS) is 13.4. The molecule has 0 radical (unpaired) electrons. The summed E-state index contributed by atoms with van der Waals surface area (Å²) in [6, 6.07) is 7.76. The maximum absolute atomic E-state index is 12.9. The number of carbonyl (C=O) groups excluding carboxylic acids is 4. The molecule has 5 rings (SSSR count). The molecule has 58 heavy (non-hydrogen) atoms. The Balaban J connectivity index is 1.89. The van der Waals surface area contributed by atoms with Crippen LogP contribution in [-0.2, 0) is 38.1 Å². The summed E-state index contributed by atoms with van der Waals surface area (Å²) in [5.41, 5.74) is 10.9. The topological polar surface area (TPSA) is 163 Å². The fraction of sp³-hybridized carbons (Fsp3) is 0.391. The van der Waals surface area contributed by atoms with Gasteiger partial charge >= 0.3 is 23.9 Å². The number of methoxy groups -OCH3 is 2. The number of hydrogen-bond acceptors (Lipinski definition) is 10. The molecule has 0 saturated heterocycles. The van der Waals surface area contributed by atoms with Crippen LogP contribution in [0.1, 0.15) is 126 Å². The molecule has 2 aliphatic heterocycles. The first-order valence-electron chi connectivity index (χ1n) is 19.3. The van der Waals surface area contributed by atoms with Crippen molar-refractivity contribution in [1.29, 1.82) is 0 Å². The third kappa shape index (κ3) is 10.3. The lowest BCUT2D eigenvalue weighted by molar-refractivity contribution is -0.149. The van der Waals surface area contributed by atoms with Crippen molar-refractivity contribution in [2.24, 2.45) is 0 Å². The fourth-order valence-electron chi connectivity index (χ4n) is 6.84. The molecule has 0 unspecified atom stereocenters. The maximum atomic E-state index is 12.9. The van der Waals surface area contributed by atoms with Crippen molar-refractivity contribution >= 4 is 80.4 Å². The molecule has 0 aliphatic carbocycles. The number of rotatable bonds is 10. The van der Waals surface area contributed by atoms with Crippen LogP contribution in [0.4, 0.5) is 0 Å². The van der Waals surface area contributed by atoms with E-state index in [1.807, 2.05) is 93.5 Å². The molecular weight excluding hydrogens is 737 g/mol. The summed E-state index contributed by atoms with van der Waals surface area (Å²) in [4.78, 5) is 67.9. The molecule has 0 spiro atoms. The first-order valence-corrected chi connectivity index (χ1v) is 19.3. The van der Waals surface area contributed by atoms with Gasteiger partial charge in [-0.1, -0.05) is 0 Å². The third-order valence-electron chi connectivity index (χ3n) is 9.83. The highest BCUT2D eigenvalue weighted by molar-refractivity contribution is 5.98. The fourth-order valence-corrected chi connectivity index (χ4v) is 6.84. The zero-order chi connectivity index (χ0) is 42.7. The predicted molar refractivity (Wildman–Crippen MR) is 228 cm³/mol. The molecule has 0 atom stereocenters. The number of fused-ring (bicyclic) bond motifs is 8. The lowest BCUT2D eigenvalue weighted by Crippen LogP contribution is -2.22. The standard InChI is InChI=1S/C46H54N4O8/c1-25-29(13-17-41(51)55-11)39-24-40-30(14-18-42(52)56-12)27(3)36(50-40)23-38-32(16-20-44(54)58-46(8,9)10)28(4)35(49-38)22-37-31(15-19-43(53)57-45(5,6)7)26(2)33(47-37)21-34(25)48-39/h15-16,19-24,47,49H,13-14,17-18H2,1-12H3/b19-15+,20-16+,33-21?,34-21?,35-22?,36-23?,37-22?,38-23?,39-24?,40-24?. The summed E-state index contributed by atoms with van der Waals surface area (Å²) in [7, 11) is 2.73. The predicted octanol–water partition coefficient (Wildman–Crippen LogP) is 9.41. The van der Waals surface area contributed by atoms with Crippen molar-refractivity contribution in [3.8, 4) is 0 Å². The highest BCUT2D eigenvalue weighted by Gasteiger charge is 2.24. The van der Waals surface area contributed by atoms with Gasteiger partial charge < -0.3 is 28.9 Å². The van der Waals surface area contributed by atoms with Crippen LogP contribution in [-0.4, -0.2) is 69.2 Å². The Labute approximate surface area is 339 Å². The minimum Gasteiger partial charge on any atom is -0.469 e. The highest BCUT2D eigenvalue weighted by Crippen LogP contribution is 2.38. The number of aryl methyl sites for hydroxylation is 2. The van der Waals surface area contributed by atoms with Gasteiger partial charge in [-0.05, 0) is 152 Å². The van der Waals surface area contributed by atoms with E-state index < -0.39 is 23.1 Å². The monoisotopic (exact) mass is 790 g/mol. The van der Waals surface area contributed by atoms with Crippen LogP contribution in [0.25, 0.3) is 56.5 Å². The van der Waals surface area contributed by atoms with Gasteiger partial charge in [0.15, 0.2) is 0 Å². The van der Waals surface area contributed by atoms with Gasteiger partial charge in [-0.2, -0.15) is 0 Å². The van der Waals surface area contributed by atoms with Crippen LogP contribution in [0, 0.1) is 13.8 Å². The number of hydrogen-bond donors (Lipinski definition) is 2. The number of H-pyrrole nitrogens is 2. The SMILES string of the molecule is COC(=O)CCC1=C(C)c2cc3[nH]c(cc4[nH]c(cc5nc(cc1n2)C(CCC(=O)OC)=C5C)c(/C=C/C(=O)OC(C)(C)C)c4C)c(/C=C/C(=O)OC(C)(C)C)c3C. The highest BCUT2D eigenvalue weighted by atomic mass is 16.6. The van der Waals surface area contributed by atoms with Crippen LogP contribution in [0.15, 0.2) is 36.4 Å². The van der Waals surface area contributed by atoms with Crippen molar-refractivity contribution in [2.45, 2.75) is 106 Å². The molecule has 12 heteroatoms. The molecule has 12 nitrogen and oxygen atoms in total. The van der Waals surface area contributed by atoms with Gasteiger partial charge in [0.1, 0.15) is 11.2 Å². The van der Waals surface area contributed by atoms with Gasteiger partial charge in [0.25, 0.3) is 0 Å². The molecule has 3 aromatic rings. The van der Waals surface area contributed by atoms with Crippen LogP contribution < -0.4 is 0 Å². The minimum atomic E-state index is -0.672. The van der Waals surface area contributed by atoms with Crippen molar-refractivity contribution in [2.75, 3.05) is 14.2 Å². The number of aromatic nitrogens is 4. The van der Waals surface area contributed by atoms with E-state index in [2.05, 4.69) is 9.97 Å². The number of aromatic amines is 2. The average Bonchev–Trinajstić information content (AvgIpc) is 3.79. The summed E-state index contributed by atoms with van der Waals surface area (Å²) >= 11 is 0. The van der Waals surface area contributed by atoms with Crippen LogP contribution in [0.5, 0.6) is 0 Å². The summed E-state index contributed by atoms with van der Waals surface area (Å²) in [6.45, 7) is 18.8. The van der Waals surface area contributed by atoms with Gasteiger partial charge in [0.2, 0.25) is 0 Å². The molecule has 2 N–H and O–H groups in total. The zero-order valence-corrected chi connectivity index (χ0v) is 35.6. The molecule has 0 saturated carbocycles.